The molecule has 1 aromatic heterocycles. The lowest BCUT2D eigenvalue weighted by molar-refractivity contribution is -0.120. The van der Waals surface area contributed by atoms with E-state index in [0.29, 0.717) is 33.8 Å². The van der Waals surface area contributed by atoms with E-state index in [4.69, 9.17) is 25.6 Å². The number of nitrogens with zero attached hydrogens (tertiary/aromatic N) is 2. The van der Waals surface area contributed by atoms with Crippen molar-refractivity contribution in [1.29, 1.82) is 0 Å². The van der Waals surface area contributed by atoms with Gasteiger partial charge < -0.3 is 19.3 Å². The molecular formula is C20H20ClN3O4S. The summed E-state index contributed by atoms with van der Waals surface area (Å²) < 4.78 is 15.8. The van der Waals surface area contributed by atoms with E-state index in [2.05, 4.69) is 15.5 Å². The topological polar surface area (TPSA) is 86.5 Å². The number of methoxy groups -OCH3 is 2. The molecule has 7 nitrogen and oxygen atoms in total. The summed E-state index contributed by atoms with van der Waals surface area (Å²) in [7, 11) is 3.13. The first-order chi connectivity index (χ1) is 14.0. The molecule has 0 fully saturated rings. The Morgan fingerprint density at radius 3 is 2.66 bits per heavy atom. The van der Waals surface area contributed by atoms with Crippen molar-refractivity contribution in [2.24, 2.45) is 0 Å². The molecule has 152 valence electrons. The number of carbonyl (C=O) groups is 1. The standard InChI is InChI=1S/C20H20ClN3O4S/c1-12(29-15-7-4-13(21)5-8-15)20(25)22-11-18-23-19(24-28-18)16-9-6-14(26-2)10-17(16)27-3/h4-10,12H,11H2,1-3H3,(H,22,25). The number of thioether (sulfide) groups is 1. The number of amides is 1. The lowest BCUT2D eigenvalue weighted by Gasteiger charge is -2.10. The number of benzene rings is 2. The van der Waals surface area contributed by atoms with Crippen LogP contribution in [0.15, 0.2) is 51.9 Å². The van der Waals surface area contributed by atoms with Crippen molar-refractivity contribution in [3.05, 3.63) is 53.4 Å². The van der Waals surface area contributed by atoms with Gasteiger partial charge in [0.25, 0.3) is 0 Å². The summed E-state index contributed by atoms with van der Waals surface area (Å²) in [5.74, 6) is 1.77. The maximum Gasteiger partial charge on any atom is 0.246 e. The predicted molar refractivity (Wildman–Crippen MR) is 111 cm³/mol. The lowest BCUT2D eigenvalue weighted by atomic mass is 10.2. The molecule has 1 N–H and O–H groups in total. The summed E-state index contributed by atoms with van der Waals surface area (Å²) in [5.41, 5.74) is 0.668. The van der Waals surface area contributed by atoms with Gasteiger partial charge in [0.15, 0.2) is 0 Å². The Labute approximate surface area is 177 Å². The highest BCUT2D eigenvalue weighted by molar-refractivity contribution is 8.00. The fourth-order valence-corrected chi connectivity index (χ4v) is 3.51. The van der Waals surface area contributed by atoms with Gasteiger partial charge >= 0.3 is 0 Å². The zero-order valence-electron chi connectivity index (χ0n) is 16.1. The monoisotopic (exact) mass is 433 g/mol. The Morgan fingerprint density at radius 2 is 1.97 bits per heavy atom. The van der Waals surface area contributed by atoms with Crippen LogP contribution in [0.5, 0.6) is 11.5 Å². The normalized spacial score (nSPS) is 11.7. The van der Waals surface area contributed by atoms with E-state index in [1.54, 1.807) is 44.6 Å². The van der Waals surface area contributed by atoms with Crippen molar-refractivity contribution in [3.63, 3.8) is 0 Å². The maximum atomic E-state index is 12.4. The highest BCUT2D eigenvalue weighted by atomic mass is 35.5. The van der Waals surface area contributed by atoms with E-state index in [1.165, 1.54) is 11.8 Å². The van der Waals surface area contributed by atoms with Gasteiger partial charge in [-0.3, -0.25) is 4.79 Å². The van der Waals surface area contributed by atoms with Crippen molar-refractivity contribution in [3.8, 4) is 22.9 Å². The fraction of sp³-hybridized carbons (Fsp3) is 0.250. The van der Waals surface area contributed by atoms with E-state index >= 15 is 0 Å². The van der Waals surface area contributed by atoms with Crippen molar-refractivity contribution >= 4 is 29.3 Å². The number of hydrogen-bond donors (Lipinski definition) is 1. The Kier molecular flexibility index (Phi) is 7.00. The van der Waals surface area contributed by atoms with Gasteiger partial charge in [0.2, 0.25) is 17.6 Å². The van der Waals surface area contributed by atoms with Gasteiger partial charge in [0, 0.05) is 16.0 Å². The summed E-state index contributed by atoms with van der Waals surface area (Å²) in [6, 6.07) is 12.7. The SMILES string of the molecule is COc1ccc(-c2noc(CNC(=O)C(C)Sc3ccc(Cl)cc3)n2)c(OC)c1. The molecule has 0 bridgehead atoms. The maximum absolute atomic E-state index is 12.4. The molecule has 9 heteroatoms. The average molecular weight is 434 g/mol. The molecule has 3 rings (SSSR count). The van der Waals surface area contributed by atoms with Crippen LogP contribution in [0.1, 0.15) is 12.8 Å². The third kappa shape index (κ3) is 5.42. The molecule has 29 heavy (non-hydrogen) atoms. The van der Waals surface area contributed by atoms with E-state index in [1.807, 2.05) is 19.1 Å². The minimum absolute atomic E-state index is 0.133. The molecule has 1 atom stereocenters. The number of hydrogen-bond acceptors (Lipinski definition) is 7. The smallest absolute Gasteiger partial charge is 0.246 e. The van der Waals surface area contributed by atoms with Crippen molar-refractivity contribution in [2.45, 2.75) is 23.6 Å². The number of carbonyl (C=O) groups excluding carboxylic acids is 1. The molecule has 2 aromatic carbocycles. The number of aromatic nitrogens is 2. The van der Waals surface area contributed by atoms with Crippen LogP contribution >= 0.6 is 23.4 Å². The predicted octanol–water partition coefficient (Wildman–Crippen LogP) is 4.20. The lowest BCUT2D eigenvalue weighted by Crippen LogP contribution is -2.30. The highest BCUT2D eigenvalue weighted by Crippen LogP contribution is 2.31. The van der Waals surface area contributed by atoms with Crippen LogP contribution in [-0.2, 0) is 11.3 Å². The minimum atomic E-state index is -0.291. The first kappa shape index (κ1) is 21.0. The van der Waals surface area contributed by atoms with Crippen LogP contribution < -0.4 is 14.8 Å². The minimum Gasteiger partial charge on any atom is -0.497 e. The third-order valence-corrected chi connectivity index (χ3v) is 5.39. The zero-order valence-corrected chi connectivity index (χ0v) is 17.7. The number of rotatable bonds is 8. The molecule has 0 aliphatic rings. The van der Waals surface area contributed by atoms with Gasteiger partial charge in [-0.2, -0.15) is 4.98 Å². The molecule has 1 heterocycles. The summed E-state index contributed by atoms with van der Waals surface area (Å²) >= 11 is 7.32. The van der Waals surface area contributed by atoms with Crippen LogP contribution in [0, 0.1) is 0 Å². The van der Waals surface area contributed by atoms with E-state index in [9.17, 15) is 4.79 Å². The summed E-state index contributed by atoms with van der Waals surface area (Å²) in [5, 5.41) is 7.15. The molecule has 0 aliphatic heterocycles. The summed E-state index contributed by atoms with van der Waals surface area (Å²) in [4.78, 5) is 17.7. The summed E-state index contributed by atoms with van der Waals surface area (Å²) in [6.45, 7) is 1.96. The van der Waals surface area contributed by atoms with Gasteiger partial charge in [0.05, 0.1) is 31.6 Å². The Bertz CT molecular complexity index is 978. The Balaban J connectivity index is 1.60. The van der Waals surface area contributed by atoms with Gasteiger partial charge in [-0.25, -0.2) is 0 Å². The summed E-state index contributed by atoms with van der Waals surface area (Å²) in [6.07, 6.45) is 0. The molecule has 0 aliphatic carbocycles. The quantitative estimate of drug-likeness (QED) is 0.532. The second kappa shape index (κ2) is 9.67. The molecule has 0 spiro atoms. The Morgan fingerprint density at radius 1 is 1.21 bits per heavy atom. The third-order valence-electron chi connectivity index (χ3n) is 4.03. The van der Waals surface area contributed by atoms with Crippen LogP contribution in [0.3, 0.4) is 0 Å². The second-order valence-corrected chi connectivity index (χ2v) is 7.86. The molecule has 0 saturated carbocycles. The van der Waals surface area contributed by atoms with Gasteiger partial charge in [-0.1, -0.05) is 16.8 Å². The first-order valence-corrected chi connectivity index (χ1v) is 10.0. The first-order valence-electron chi connectivity index (χ1n) is 8.75. The van der Waals surface area contributed by atoms with E-state index in [0.717, 1.165) is 4.90 Å². The van der Waals surface area contributed by atoms with Crippen LogP contribution in [0.4, 0.5) is 0 Å². The fourth-order valence-electron chi connectivity index (χ4n) is 2.50. The largest absolute Gasteiger partial charge is 0.497 e. The average Bonchev–Trinajstić information content (AvgIpc) is 3.21. The van der Waals surface area contributed by atoms with Crippen LogP contribution in [0.2, 0.25) is 5.02 Å². The molecular weight excluding hydrogens is 414 g/mol. The molecule has 1 amide bonds. The zero-order chi connectivity index (χ0) is 20.8. The molecule has 3 aromatic rings. The van der Waals surface area contributed by atoms with Crippen LogP contribution in [0.25, 0.3) is 11.4 Å². The molecule has 0 radical (unpaired) electrons. The number of nitrogens with one attached hydrogen (secondary N) is 1. The van der Waals surface area contributed by atoms with E-state index < -0.39 is 0 Å². The van der Waals surface area contributed by atoms with Crippen molar-refractivity contribution in [1.82, 2.24) is 15.5 Å². The second-order valence-electron chi connectivity index (χ2n) is 6.01. The van der Waals surface area contributed by atoms with Gasteiger partial charge in [-0.15, -0.1) is 11.8 Å². The number of halogens is 1. The van der Waals surface area contributed by atoms with E-state index in [-0.39, 0.29) is 17.7 Å². The van der Waals surface area contributed by atoms with Crippen molar-refractivity contribution < 1.29 is 18.8 Å². The van der Waals surface area contributed by atoms with Crippen LogP contribution in [-0.4, -0.2) is 35.5 Å². The van der Waals surface area contributed by atoms with Gasteiger partial charge in [-0.05, 0) is 43.3 Å². The Hall–Kier alpha value is -2.71. The molecule has 1 unspecified atom stereocenters. The molecule has 0 saturated heterocycles. The number of ether oxygens (including phenoxy) is 2. The van der Waals surface area contributed by atoms with Gasteiger partial charge in [0.1, 0.15) is 11.5 Å². The van der Waals surface area contributed by atoms with Crippen molar-refractivity contribution in [2.75, 3.05) is 14.2 Å². The highest BCUT2D eigenvalue weighted by Gasteiger charge is 2.17.